The van der Waals surface area contributed by atoms with E-state index in [9.17, 15) is 5.26 Å². The molecule has 30 heavy (non-hydrogen) atoms. The third-order valence-electron chi connectivity index (χ3n) is 6.43. The normalized spacial score (nSPS) is 12.4. The molecule has 0 aliphatic rings. The Kier molecular flexibility index (Phi) is 3.79. The van der Waals surface area contributed by atoms with Crippen LogP contribution in [0.25, 0.3) is 43.7 Å². The number of hydrogen-bond acceptors (Lipinski definition) is 2. The summed E-state index contributed by atoms with van der Waals surface area (Å²) < 4.78 is 11.0. The molecule has 0 N–H and O–H groups in total. The fourth-order valence-corrected chi connectivity index (χ4v) is 4.98. The van der Waals surface area contributed by atoms with Crippen molar-refractivity contribution < 1.29 is 8.98 Å². The second kappa shape index (κ2) is 6.09. The van der Waals surface area contributed by atoms with Crippen molar-refractivity contribution in [2.75, 3.05) is 0 Å². The first kappa shape index (κ1) is 18.7. The Morgan fingerprint density at radius 3 is 2.63 bits per heavy atom. The SMILES string of the molecule is Cc1c2cc[n+](C)c2c(C)c2oc3cc(CC(C)(C)C#N)cc4ccn(C)c(c12)c43. The van der Waals surface area contributed by atoms with Gasteiger partial charge in [-0.05, 0) is 62.8 Å². The summed E-state index contributed by atoms with van der Waals surface area (Å²) in [6.45, 7) is 8.30. The van der Waals surface area contributed by atoms with E-state index in [4.69, 9.17) is 4.42 Å². The van der Waals surface area contributed by atoms with Crippen molar-refractivity contribution in [1.82, 2.24) is 4.57 Å². The van der Waals surface area contributed by atoms with Crippen LogP contribution < -0.4 is 4.57 Å². The number of pyridine rings is 1. The first-order chi connectivity index (χ1) is 14.2. The van der Waals surface area contributed by atoms with Crippen LogP contribution in [0.1, 0.15) is 30.5 Å². The minimum Gasteiger partial charge on any atom is -0.455 e. The molecule has 0 saturated carbocycles. The maximum absolute atomic E-state index is 9.50. The maximum Gasteiger partial charge on any atom is 0.219 e. The van der Waals surface area contributed by atoms with E-state index in [1.54, 1.807) is 0 Å². The van der Waals surface area contributed by atoms with Gasteiger partial charge in [0.1, 0.15) is 18.2 Å². The van der Waals surface area contributed by atoms with Gasteiger partial charge in [-0.15, -0.1) is 0 Å². The molecule has 0 saturated heterocycles. The minimum atomic E-state index is -0.420. The molecule has 4 nitrogen and oxygen atoms in total. The van der Waals surface area contributed by atoms with Crippen molar-refractivity contribution in [3.8, 4) is 6.07 Å². The molecule has 0 amide bonds. The van der Waals surface area contributed by atoms with Crippen molar-refractivity contribution in [2.45, 2.75) is 34.1 Å². The van der Waals surface area contributed by atoms with Gasteiger partial charge in [-0.3, -0.25) is 0 Å². The van der Waals surface area contributed by atoms with Gasteiger partial charge in [0.25, 0.3) is 0 Å². The number of nitriles is 1. The molecule has 0 fully saturated rings. The second-order valence-electron chi connectivity index (χ2n) is 9.25. The van der Waals surface area contributed by atoms with Crippen molar-refractivity contribution in [1.29, 1.82) is 5.26 Å². The van der Waals surface area contributed by atoms with Crippen LogP contribution in [0.4, 0.5) is 0 Å². The van der Waals surface area contributed by atoms with Crippen LogP contribution in [0.15, 0.2) is 41.1 Å². The summed E-state index contributed by atoms with van der Waals surface area (Å²) in [6, 6.07) is 11.1. The highest BCUT2D eigenvalue weighted by molar-refractivity contribution is 6.19. The van der Waals surface area contributed by atoms with Crippen LogP contribution in [0.3, 0.4) is 0 Å². The summed E-state index contributed by atoms with van der Waals surface area (Å²) in [5.74, 6) is 0. The van der Waals surface area contributed by atoms with Crippen molar-refractivity contribution >= 4 is 43.7 Å². The first-order valence-electron chi connectivity index (χ1n) is 10.3. The molecule has 0 unspecified atom stereocenters. The van der Waals surface area contributed by atoms with E-state index in [1.165, 1.54) is 27.4 Å². The number of nitrogens with zero attached hydrogens (tertiary/aromatic N) is 3. The van der Waals surface area contributed by atoms with Gasteiger partial charge in [0.15, 0.2) is 6.20 Å². The predicted molar refractivity (Wildman–Crippen MR) is 121 cm³/mol. The van der Waals surface area contributed by atoms with Crippen molar-refractivity contribution in [2.24, 2.45) is 19.5 Å². The fourth-order valence-electron chi connectivity index (χ4n) is 4.98. The molecule has 150 valence electrons. The molecule has 0 bridgehead atoms. The number of fused-ring (bicyclic) bond motifs is 3. The van der Waals surface area contributed by atoms with Gasteiger partial charge in [-0.25, -0.2) is 4.57 Å². The van der Waals surface area contributed by atoms with Gasteiger partial charge < -0.3 is 8.98 Å². The van der Waals surface area contributed by atoms with Gasteiger partial charge >= 0.3 is 0 Å². The highest BCUT2D eigenvalue weighted by Crippen LogP contribution is 2.40. The quantitative estimate of drug-likeness (QED) is 0.216. The molecule has 3 aromatic heterocycles. The van der Waals surface area contributed by atoms with E-state index < -0.39 is 5.41 Å². The Morgan fingerprint density at radius 1 is 1.13 bits per heavy atom. The zero-order chi connectivity index (χ0) is 21.4. The molecule has 3 heterocycles. The predicted octanol–water partition coefficient (Wildman–Crippen LogP) is 5.76. The van der Waals surface area contributed by atoms with Gasteiger partial charge in [0.2, 0.25) is 5.52 Å². The largest absolute Gasteiger partial charge is 0.455 e. The summed E-state index contributed by atoms with van der Waals surface area (Å²) in [5, 5.41) is 14.2. The molecule has 0 aliphatic carbocycles. The maximum atomic E-state index is 9.50. The Morgan fingerprint density at radius 2 is 1.90 bits per heavy atom. The van der Waals surface area contributed by atoms with E-state index in [2.05, 4.69) is 79.8 Å². The summed E-state index contributed by atoms with van der Waals surface area (Å²) in [7, 11) is 4.19. The number of aromatic nitrogens is 2. The zero-order valence-electron chi connectivity index (χ0n) is 18.4. The molecule has 0 spiro atoms. The molecular weight excluding hydrogens is 370 g/mol. The van der Waals surface area contributed by atoms with Crippen molar-refractivity contribution in [3.05, 3.63) is 53.3 Å². The number of aryl methyl sites for hydroxylation is 4. The highest BCUT2D eigenvalue weighted by Gasteiger charge is 2.24. The monoisotopic (exact) mass is 396 g/mol. The lowest BCUT2D eigenvalue weighted by Gasteiger charge is -2.19. The minimum absolute atomic E-state index is 0.420. The molecule has 0 aliphatic heterocycles. The Bertz CT molecular complexity index is 1540. The zero-order valence-corrected chi connectivity index (χ0v) is 18.4. The van der Waals surface area contributed by atoms with E-state index in [0.29, 0.717) is 6.42 Å². The van der Waals surface area contributed by atoms with Crippen LogP contribution in [0, 0.1) is 30.6 Å². The first-order valence-corrected chi connectivity index (χ1v) is 10.3. The molecule has 0 radical (unpaired) electrons. The van der Waals surface area contributed by atoms with Gasteiger partial charge in [-0.1, -0.05) is 6.07 Å². The third-order valence-corrected chi connectivity index (χ3v) is 6.43. The van der Waals surface area contributed by atoms with Crippen LogP contribution in [-0.4, -0.2) is 4.57 Å². The average molecular weight is 397 g/mol. The lowest BCUT2D eigenvalue weighted by Crippen LogP contribution is -2.25. The molecule has 4 heteroatoms. The fraction of sp³-hybridized carbons (Fsp3) is 0.308. The second-order valence-corrected chi connectivity index (χ2v) is 9.25. The average Bonchev–Trinajstić information content (AvgIpc) is 3.09. The third kappa shape index (κ3) is 2.48. The summed E-state index contributed by atoms with van der Waals surface area (Å²) in [6.07, 6.45) is 4.93. The van der Waals surface area contributed by atoms with Crippen molar-refractivity contribution in [3.63, 3.8) is 0 Å². The van der Waals surface area contributed by atoms with Crippen LogP contribution in [0.5, 0.6) is 0 Å². The topological polar surface area (TPSA) is 45.7 Å². The molecular formula is C26H26N3O+. The van der Waals surface area contributed by atoms with Crippen LogP contribution in [-0.2, 0) is 20.5 Å². The Hall–Kier alpha value is -3.32. The standard InChI is InChI=1S/C26H26N3O/c1-15-19-8-10-28(5)23(19)16(2)25-21(15)24-22-18(7-9-29(24)6)11-17(12-20(22)30-25)13-26(3,4)14-27/h7-12H,13H2,1-6H3/q+1. The molecule has 0 atom stereocenters. The lowest BCUT2D eigenvalue weighted by atomic mass is 9.86. The summed E-state index contributed by atoms with van der Waals surface area (Å²) in [5.41, 5.74) is 7.34. The molecule has 2 aromatic carbocycles. The molecule has 5 rings (SSSR count). The summed E-state index contributed by atoms with van der Waals surface area (Å²) >= 11 is 0. The van der Waals surface area contributed by atoms with E-state index in [0.717, 1.165) is 33.1 Å². The Labute approximate surface area is 175 Å². The lowest BCUT2D eigenvalue weighted by molar-refractivity contribution is -0.642. The highest BCUT2D eigenvalue weighted by atomic mass is 16.3. The summed E-state index contributed by atoms with van der Waals surface area (Å²) in [4.78, 5) is 0. The number of hydrogen-bond donors (Lipinski definition) is 0. The number of rotatable bonds is 2. The van der Waals surface area contributed by atoms with E-state index >= 15 is 0 Å². The van der Waals surface area contributed by atoms with Gasteiger partial charge in [0.05, 0.1) is 28.0 Å². The van der Waals surface area contributed by atoms with Gasteiger partial charge in [-0.2, -0.15) is 5.26 Å². The van der Waals surface area contributed by atoms with Gasteiger partial charge in [0, 0.05) is 30.1 Å². The molecule has 5 aromatic rings. The van der Waals surface area contributed by atoms with Crippen LogP contribution in [0.2, 0.25) is 0 Å². The number of benzene rings is 2. The van der Waals surface area contributed by atoms with Crippen LogP contribution >= 0.6 is 0 Å². The smallest absolute Gasteiger partial charge is 0.219 e. The Balaban J connectivity index is 1.99. The van der Waals surface area contributed by atoms with E-state index in [-0.39, 0.29) is 0 Å². The van der Waals surface area contributed by atoms with E-state index in [1.807, 2.05) is 13.8 Å².